The van der Waals surface area contributed by atoms with E-state index in [1.54, 1.807) is 25.4 Å². The van der Waals surface area contributed by atoms with Crippen LogP contribution in [0.5, 0.6) is 0 Å². The molecular formula is C31H32FN7O2S2. The van der Waals surface area contributed by atoms with E-state index in [1.807, 2.05) is 17.1 Å². The summed E-state index contributed by atoms with van der Waals surface area (Å²) in [5.41, 5.74) is 2.86. The Balaban J connectivity index is 1.21. The van der Waals surface area contributed by atoms with Gasteiger partial charge in [0, 0.05) is 30.2 Å². The summed E-state index contributed by atoms with van der Waals surface area (Å²) in [6, 6.07) is 6.29. The lowest BCUT2D eigenvalue weighted by atomic mass is 9.61. The van der Waals surface area contributed by atoms with E-state index in [9.17, 15) is 13.4 Å². The molecule has 0 N–H and O–H groups in total. The first-order valence-electron chi connectivity index (χ1n) is 14.8. The van der Waals surface area contributed by atoms with E-state index in [0.717, 1.165) is 54.6 Å². The van der Waals surface area contributed by atoms with Crippen molar-refractivity contribution in [3.63, 3.8) is 0 Å². The van der Waals surface area contributed by atoms with E-state index in [-0.39, 0.29) is 23.7 Å². The molecule has 3 aromatic heterocycles. The van der Waals surface area contributed by atoms with Gasteiger partial charge in [-0.15, -0.1) is 16.4 Å². The quantitative estimate of drug-likeness (QED) is 0.204. The number of fused-ring (bicyclic) bond motifs is 2. The van der Waals surface area contributed by atoms with E-state index < -0.39 is 15.1 Å². The first kappa shape index (κ1) is 27.1. The predicted octanol–water partition coefficient (Wildman–Crippen LogP) is 4.99. The molecule has 3 heterocycles. The van der Waals surface area contributed by atoms with Crippen LogP contribution in [0.25, 0.3) is 11.8 Å². The Morgan fingerprint density at radius 2 is 1.88 bits per heavy atom. The van der Waals surface area contributed by atoms with Crippen LogP contribution >= 0.6 is 11.3 Å². The third-order valence-corrected chi connectivity index (χ3v) is 12.6. The van der Waals surface area contributed by atoms with Gasteiger partial charge in [0.05, 0.1) is 38.9 Å². The van der Waals surface area contributed by atoms with Gasteiger partial charge in [0.1, 0.15) is 5.82 Å². The summed E-state index contributed by atoms with van der Waals surface area (Å²) in [5.74, 6) is 4.47. The number of nitrogens with zero attached hydrogens (tertiary/aromatic N) is 7. The fraction of sp³-hybridized carbons (Fsp3) is 0.419. The fourth-order valence-electron chi connectivity index (χ4n) is 6.93. The molecule has 0 radical (unpaired) electrons. The lowest BCUT2D eigenvalue weighted by molar-refractivity contribution is 0.0741. The normalized spacial score (nSPS) is 24.7. The number of hydrogen-bond donors (Lipinski definition) is 0. The molecule has 4 aliphatic carbocycles. The zero-order chi connectivity index (χ0) is 29.5. The maximum Gasteiger partial charge on any atom is 0.201 e. The Morgan fingerprint density at radius 1 is 1.09 bits per heavy atom. The lowest BCUT2D eigenvalue weighted by Crippen LogP contribution is -2.51. The van der Waals surface area contributed by atoms with E-state index in [0.29, 0.717) is 35.2 Å². The van der Waals surface area contributed by atoms with Crippen molar-refractivity contribution < 1.29 is 13.4 Å². The van der Waals surface area contributed by atoms with Gasteiger partial charge < -0.3 is 0 Å². The van der Waals surface area contributed by atoms with Crippen LogP contribution in [-0.4, -0.2) is 62.0 Å². The van der Waals surface area contributed by atoms with Gasteiger partial charge in [0.2, 0.25) is 5.78 Å². The van der Waals surface area contributed by atoms with Gasteiger partial charge in [0.15, 0.2) is 10.0 Å². The molecule has 0 amide bonds. The highest BCUT2D eigenvalue weighted by molar-refractivity contribution is 7.98. The zero-order valence-corrected chi connectivity index (χ0v) is 25.5. The fourth-order valence-corrected chi connectivity index (χ4v) is 10.1. The smallest absolute Gasteiger partial charge is 0.201 e. The van der Waals surface area contributed by atoms with Gasteiger partial charge in [-0.2, -0.15) is 15.0 Å². The first-order chi connectivity index (χ1) is 20.7. The number of hydrogen-bond acceptors (Lipinski definition) is 7. The summed E-state index contributed by atoms with van der Waals surface area (Å²) in [7, 11) is -1.21. The number of aryl methyl sites for hydroxylation is 1. The minimum atomic E-state index is -2.92. The van der Waals surface area contributed by atoms with E-state index in [4.69, 9.17) is 0 Å². The Bertz CT molecular complexity index is 1880. The van der Waals surface area contributed by atoms with Crippen LogP contribution in [0, 0.1) is 11.2 Å². The molecule has 0 aliphatic heterocycles. The molecule has 43 heavy (non-hydrogen) atoms. The van der Waals surface area contributed by atoms with E-state index in [2.05, 4.69) is 36.5 Å². The number of thiazole rings is 1. The Labute approximate surface area is 253 Å². The van der Waals surface area contributed by atoms with Crippen molar-refractivity contribution in [2.45, 2.75) is 74.4 Å². The molecule has 1 unspecified atom stereocenters. The molecule has 3 fully saturated rings. The summed E-state index contributed by atoms with van der Waals surface area (Å²) in [4.78, 5) is 22.0. The first-order valence-corrected chi connectivity index (χ1v) is 17.3. The van der Waals surface area contributed by atoms with Gasteiger partial charge in [-0.3, -0.25) is 4.79 Å². The number of ketones is 1. The van der Waals surface area contributed by atoms with E-state index in [1.165, 1.54) is 33.1 Å². The number of allylic oxidation sites excluding steroid dienone is 1. The molecule has 0 saturated heterocycles. The van der Waals surface area contributed by atoms with Crippen LogP contribution in [0.15, 0.2) is 53.5 Å². The summed E-state index contributed by atoms with van der Waals surface area (Å²) in [6.45, 7) is 0. The highest BCUT2D eigenvalue weighted by Crippen LogP contribution is 2.53. The zero-order valence-electron chi connectivity index (χ0n) is 23.9. The number of halogens is 1. The summed E-state index contributed by atoms with van der Waals surface area (Å²) < 4.78 is 32.0. The van der Waals surface area contributed by atoms with Gasteiger partial charge in [-0.1, -0.05) is 5.57 Å². The number of carbonyl (C=O) groups excluding carboxylic acids is 1. The van der Waals surface area contributed by atoms with Crippen LogP contribution in [0.2, 0.25) is 0 Å². The van der Waals surface area contributed by atoms with Crippen molar-refractivity contribution in [2.24, 2.45) is 12.5 Å². The third-order valence-electron chi connectivity index (χ3n) is 9.35. The van der Waals surface area contributed by atoms with Crippen LogP contribution in [0.1, 0.15) is 76.8 Å². The van der Waals surface area contributed by atoms with Gasteiger partial charge >= 0.3 is 0 Å². The maximum absolute atomic E-state index is 14.7. The van der Waals surface area contributed by atoms with Crippen molar-refractivity contribution in [1.29, 1.82) is 0 Å². The predicted molar refractivity (Wildman–Crippen MR) is 163 cm³/mol. The highest BCUT2D eigenvalue weighted by atomic mass is 32.2. The van der Waals surface area contributed by atoms with Crippen molar-refractivity contribution in [3.05, 3.63) is 75.4 Å². The minimum Gasteiger partial charge on any atom is -0.290 e. The second kappa shape index (κ2) is 9.76. The molecular weight excluding hydrogens is 586 g/mol. The Morgan fingerprint density at radius 3 is 2.58 bits per heavy atom. The van der Waals surface area contributed by atoms with Crippen molar-refractivity contribution in [2.75, 3.05) is 0 Å². The molecule has 4 aliphatic rings. The van der Waals surface area contributed by atoms with Gasteiger partial charge in [-0.05, 0) is 99.1 Å². The molecule has 0 spiro atoms. The molecule has 3 saturated carbocycles. The molecule has 222 valence electrons. The molecule has 0 bridgehead atoms. The number of rotatable bonds is 8. The van der Waals surface area contributed by atoms with Crippen molar-refractivity contribution in [1.82, 2.24) is 34.1 Å². The topological polar surface area (TPSA) is 98.8 Å². The molecule has 12 heteroatoms. The van der Waals surface area contributed by atoms with Crippen molar-refractivity contribution in [3.8, 4) is 5.69 Å². The SMILES string of the molecule is C=S(=O)(c1cnn(C)n1)N(C1CC1)[C@H]1CCC2=Cc3c(cnn3-c3ccc(F)cc3)C[C@]2(C(=O)c2ncc(C3CC3)s2)C1. The molecule has 9 nitrogen and oxygen atoms in total. The molecule has 8 rings (SSSR count). The largest absolute Gasteiger partial charge is 0.290 e. The van der Waals surface area contributed by atoms with Gasteiger partial charge in [-0.25, -0.2) is 22.6 Å². The number of aromatic nitrogens is 6. The van der Waals surface area contributed by atoms with Crippen LogP contribution in [-0.2, 0) is 23.2 Å². The maximum atomic E-state index is 14.7. The number of benzene rings is 1. The molecule has 3 atom stereocenters. The second-order valence-electron chi connectivity index (χ2n) is 12.3. The van der Waals surface area contributed by atoms with Crippen LogP contribution in [0.3, 0.4) is 0 Å². The third kappa shape index (κ3) is 4.53. The van der Waals surface area contributed by atoms with Crippen molar-refractivity contribution >= 4 is 38.8 Å². The number of carbonyl (C=O) groups is 1. The summed E-state index contributed by atoms with van der Waals surface area (Å²) >= 11 is 1.53. The van der Waals surface area contributed by atoms with Gasteiger partial charge in [0.25, 0.3) is 0 Å². The lowest BCUT2D eigenvalue weighted by Gasteiger charge is -2.47. The standard InChI is InChI=1S/C31H32FN7O2S2/c1-37-34-18-28(36-37)43(2,41)39(24-11-12-24)25-8-5-21-13-26-20(16-35-38(26)23-9-6-22(32)7-10-23)14-31(21,15-25)29(40)30-33-17-27(42-30)19-3-4-19/h6-7,9-10,13,16-19,24-25H,2-5,8,11-12,14-15H2,1H3/t25-,31-,43?/m0/s1. The summed E-state index contributed by atoms with van der Waals surface area (Å²) in [6.07, 6.45) is 14.0. The summed E-state index contributed by atoms with van der Waals surface area (Å²) in [5, 5.41) is 14.2. The highest BCUT2D eigenvalue weighted by Gasteiger charge is 2.53. The monoisotopic (exact) mass is 617 g/mol. The van der Waals surface area contributed by atoms with Crippen LogP contribution in [0.4, 0.5) is 4.39 Å². The Hall–Kier alpha value is -3.48. The molecule has 4 aromatic rings. The second-order valence-corrected chi connectivity index (χ2v) is 15.5. The Kier molecular flexibility index (Phi) is 6.15. The minimum absolute atomic E-state index is 0.0337. The van der Waals surface area contributed by atoms with Crippen LogP contribution < -0.4 is 0 Å². The average molecular weight is 618 g/mol. The molecule has 1 aromatic carbocycles. The number of Topliss-reactive ketones (excluding diaryl/α,β-unsaturated/α-hetero) is 1. The average Bonchev–Trinajstić information content (AvgIpc) is 3.88. The van der Waals surface area contributed by atoms with E-state index >= 15 is 0 Å².